The minimum absolute atomic E-state index is 0.00800. The maximum atomic E-state index is 10.9. The Hall–Kier alpha value is -3.26. The molecule has 0 saturated heterocycles. The van der Waals surface area contributed by atoms with Crippen molar-refractivity contribution in [3.8, 4) is 23.0 Å². The zero-order chi connectivity index (χ0) is 16.0. The number of phenols is 4. The van der Waals surface area contributed by atoms with Gasteiger partial charge in [0.2, 0.25) is 0 Å². The van der Waals surface area contributed by atoms with Crippen LogP contribution in [0, 0.1) is 4.91 Å². The third-order valence-corrected chi connectivity index (χ3v) is 3.51. The maximum Gasteiger partial charge on any atom is 0.137 e. The van der Waals surface area contributed by atoms with Gasteiger partial charge in [-0.15, -0.1) is 4.91 Å². The van der Waals surface area contributed by atoms with E-state index in [-0.39, 0.29) is 38.7 Å². The Bertz CT molecular complexity index is 938. The predicted octanol–water partition coefficient (Wildman–Crippen LogP) is 3.01. The highest BCUT2D eigenvalue weighted by Gasteiger charge is 2.23. The van der Waals surface area contributed by atoms with Crippen LogP contribution in [-0.2, 0) is 0 Å². The van der Waals surface area contributed by atoms with E-state index in [1.165, 1.54) is 18.2 Å². The molecule has 0 radical (unpaired) electrons. The molecule has 0 unspecified atom stereocenters. The Morgan fingerprint density at radius 2 is 1.32 bits per heavy atom. The predicted molar refractivity (Wildman–Crippen MR) is 79.0 cm³/mol. The van der Waals surface area contributed by atoms with Crippen LogP contribution in [-0.4, -0.2) is 25.6 Å². The first kappa shape index (κ1) is 13.7. The van der Waals surface area contributed by atoms with E-state index in [0.717, 1.165) is 6.07 Å². The number of phenolic OH excluding ortho intramolecular Hbond substituents is 4. The Kier molecular flexibility index (Phi) is 2.89. The van der Waals surface area contributed by atoms with Gasteiger partial charge >= 0.3 is 0 Å². The largest absolute Gasteiger partial charge is 0.507 e. The van der Waals surface area contributed by atoms with Crippen LogP contribution in [0.4, 0.5) is 11.4 Å². The lowest BCUT2D eigenvalue weighted by Gasteiger charge is -2.15. The lowest BCUT2D eigenvalue weighted by molar-refractivity contribution is 0.389. The summed E-state index contributed by atoms with van der Waals surface area (Å²) < 4.78 is 0. The van der Waals surface area contributed by atoms with Crippen LogP contribution in [0.15, 0.2) is 29.4 Å². The number of nitrogens with one attached hydrogen (secondary N) is 1. The zero-order valence-electron chi connectivity index (χ0n) is 10.9. The van der Waals surface area contributed by atoms with Gasteiger partial charge in [0.05, 0.1) is 27.2 Å². The number of rotatable bonds is 2. The fraction of sp³-hybridized carbons (Fsp3) is 0. The molecule has 0 amide bonds. The maximum absolute atomic E-state index is 10.9. The second-order valence-electron chi connectivity index (χ2n) is 4.64. The molecule has 0 fully saturated rings. The number of nitrogens with zero attached hydrogens (tertiary/aromatic N) is 1. The number of nitroso groups, excluding NO2 is 1. The summed E-state index contributed by atoms with van der Waals surface area (Å²) in [7, 11) is 0. The van der Waals surface area contributed by atoms with Crippen molar-refractivity contribution in [2.75, 3.05) is 5.48 Å². The van der Waals surface area contributed by atoms with Gasteiger partial charge in [0.25, 0.3) is 0 Å². The van der Waals surface area contributed by atoms with Gasteiger partial charge < -0.3 is 20.4 Å². The molecule has 0 saturated carbocycles. The number of anilines is 1. The molecule has 0 aliphatic rings. The first-order valence-electron chi connectivity index (χ1n) is 6.10. The molecule has 0 spiro atoms. The van der Waals surface area contributed by atoms with E-state index in [1.807, 2.05) is 5.48 Å². The molecule has 6 N–H and O–H groups in total. The molecule has 3 aromatic carbocycles. The third kappa shape index (κ3) is 1.61. The molecule has 0 atom stereocenters. The number of benzene rings is 3. The standard InChI is InChI=1S/C14H10N2O6/c17-7-3-1-5(15-21)9-11(7)14(20)10-6(16-22)2-4-8(18)12(10)13(9)19/h1-4,15,17-21H. The highest BCUT2D eigenvalue weighted by molar-refractivity contribution is 6.20. The Morgan fingerprint density at radius 1 is 0.773 bits per heavy atom. The van der Waals surface area contributed by atoms with E-state index in [9.17, 15) is 25.3 Å². The molecule has 0 bridgehead atoms. The normalized spacial score (nSPS) is 11.0. The first-order chi connectivity index (χ1) is 10.5. The van der Waals surface area contributed by atoms with Gasteiger partial charge in [-0.05, 0) is 29.4 Å². The van der Waals surface area contributed by atoms with Gasteiger partial charge in [-0.2, -0.15) is 0 Å². The van der Waals surface area contributed by atoms with Crippen molar-refractivity contribution in [3.05, 3.63) is 29.2 Å². The average Bonchev–Trinajstić information content (AvgIpc) is 2.52. The van der Waals surface area contributed by atoms with Gasteiger partial charge in [-0.1, -0.05) is 0 Å². The summed E-state index contributed by atoms with van der Waals surface area (Å²) in [4.78, 5) is 10.9. The topological polar surface area (TPSA) is 143 Å². The molecule has 0 aliphatic heterocycles. The lowest BCUT2D eigenvalue weighted by Crippen LogP contribution is -1.92. The van der Waals surface area contributed by atoms with E-state index in [2.05, 4.69) is 5.18 Å². The molecule has 3 aromatic rings. The van der Waals surface area contributed by atoms with E-state index >= 15 is 0 Å². The van der Waals surface area contributed by atoms with E-state index < -0.39 is 17.2 Å². The zero-order valence-corrected chi connectivity index (χ0v) is 10.9. The van der Waals surface area contributed by atoms with Gasteiger partial charge in [-0.3, -0.25) is 10.7 Å². The highest BCUT2D eigenvalue weighted by Crippen LogP contribution is 2.52. The van der Waals surface area contributed by atoms with Gasteiger partial charge in [0.15, 0.2) is 0 Å². The molecule has 0 aliphatic carbocycles. The molecule has 8 heteroatoms. The van der Waals surface area contributed by atoms with Crippen LogP contribution in [0.1, 0.15) is 0 Å². The number of aromatic hydroxyl groups is 4. The summed E-state index contributed by atoms with van der Waals surface area (Å²) in [5.74, 6) is -1.87. The summed E-state index contributed by atoms with van der Waals surface area (Å²) in [6.07, 6.45) is 0. The smallest absolute Gasteiger partial charge is 0.137 e. The molecular weight excluding hydrogens is 292 g/mol. The molecule has 8 nitrogen and oxygen atoms in total. The van der Waals surface area contributed by atoms with Crippen LogP contribution in [0.3, 0.4) is 0 Å². The summed E-state index contributed by atoms with van der Waals surface area (Å²) in [6, 6.07) is 4.75. The second-order valence-corrected chi connectivity index (χ2v) is 4.64. The quantitative estimate of drug-likeness (QED) is 0.185. The van der Waals surface area contributed by atoms with Gasteiger partial charge in [0.1, 0.15) is 28.7 Å². The molecule has 0 heterocycles. The van der Waals surface area contributed by atoms with Crippen LogP contribution < -0.4 is 5.48 Å². The lowest BCUT2D eigenvalue weighted by atomic mass is 9.97. The summed E-state index contributed by atoms with van der Waals surface area (Å²) in [6.45, 7) is 0. The van der Waals surface area contributed by atoms with Crippen LogP contribution >= 0.6 is 0 Å². The number of fused-ring (bicyclic) bond motifs is 2. The van der Waals surface area contributed by atoms with Gasteiger partial charge in [0, 0.05) is 0 Å². The molecule has 112 valence electrons. The van der Waals surface area contributed by atoms with Crippen molar-refractivity contribution in [2.45, 2.75) is 0 Å². The Morgan fingerprint density at radius 3 is 1.91 bits per heavy atom. The van der Waals surface area contributed by atoms with Crippen molar-refractivity contribution < 1.29 is 25.6 Å². The monoisotopic (exact) mass is 302 g/mol. The number of hydrogen-bond donors (Lipinski definition) is 6. The van der Waals surface area contributed by atoms with Crippen molar-refractivity contribution in [1.29, 1.82) is 0 Å². The fourth-order valence-electron chi connectivity index (χ4n) is 2.56. The number of hydrogen-bond acceptors (Lipinski definition) is 8. The van der Waals surface area contributed by atoms with E-state index in [4.69, 9.17) is 5.21 Å². The highest BCUT2D eigenvalue weighted by atomic mass is 16.5. The van der Waals surface area contributed by atoms with Crippen LogP contribution in [0.5, 0.6) is 23.0 Å². The van der Waals surface area contributed by atoms with Gasteiger partial charge in [-0.25, -0.2) is 0 Å². The summed E-state index contributed by atoms with van der Waals surface area (Å²) >= 11 is 0. The molecule has 22 heavy (non-hydrogen) atoms. The van der Waals surface area contributed by atoms with Crippen molar-refractivity contribution in [2.24, 2.45) is 5.18 Å². The van der Waals surface area contributed by atoms with Crippen molar-refractivity contribution >= 4 is 32.9 Å². The van der Waals surface area contributed by atoms with E-state index in [0.29, 0.717) is 0 Å². The van der Waals surface area contributed by atoms with Crippen molar-refractivity contribution in [3.63, 3.8) is 0 Å². The fourth-order valence-corrected chi connectivity index (χ4v) is 2.56. The van der Waals surface area contributed by atoms with Crippen LogP contribution in [0.25, 0.3) is 21.5 Å². The third-order valence-electron chi connectivity index (χ3n) is 3.51. The molecule has 3 rings (SSSR count). The summed E-state index contributed by atoms with van der Waals surface area (Å²) in [5.41, 5.74) is 1.60. The van der Waals surface area contributed by atoms with Crippen molar-refractivity contribution in [1.82, 2.24) is 0 Å². The van der Waals surface area contributed by atoms with E-state index in [1.54, 1.807) is 0 Å². The second kappa shape index (κ2) is 4.64. The first-order valence-corrected chi connectivity index (χ1v) is 6.10. The average molecular weight is 302 g/mol. The Labute approximate surface area is 122 Å². The molecule has 0 aromatic heterocycles. The van der Waals surface area contributed by atoms with Crippen LogP contribution in [0.2, 0.25) is 0 Å². The SMILES string of the molecule is O=Nc1ccc(O)c2c(O)c3c(NO)ccc(O)c3c(O)c12. The minimum atomic E-state index is -0.553. The minimum Gasteiger partial charge on any atom is -0.507 e. The summed E-state index contributed by atoms with van der Waals surface area (Å²) in [5, 5.41) is 51.8. The molecular formula is C14H10N2O6. The Balaban J connectivity index is 2.73.